The first-order valence-electron chi connectivity index (χ1n) is 6.94. The molecule has 0 amide bonds. The summed E-state index contributed by atoms with van der Waals surface area (Å²) >= 11 is 0. The number of hydrogen-bond acceptors (Lipinski definition) is 5. The molecule has 114 valence electrons. The molecule has 0 spiro atoms. The molecule has 6 nitrogen and oxygen atoms in total. The highest BCUT2D eigenvalue weighted by Gasteiger charge is 2.09. The van der Waals surface area contributed by atoms with Gasteiger partial charge in [-0.25, -0.2) is 0 Å². The molecule has 0 aliphatic heterocycles. The topological polar surface area (TPSA) is 88.1 Å². The molecule has 0 aliphatic carbocycles. The van der Waals surface area contributed by atoms with Gasteiger partial charge >= 0.3 is 0 Å². The molecule has 23 heavy (non-hydrogen) atoms. The molecule has 0 radical (unpaired) electrons. The maximum Gasteiger partial charge on any atom is 0.271 e. The third-order valence-electron chi connectivity index (χ3n) is 3.54. The van der Waals surface area contributed by atoms with Gasteiger partial charge in [0, 0.05) is 17.5 Å². The SMILES string of the molecule is Cc1ccc([N+](=O)[O-])cc1N=Nc1c(O)ccc2ccccc12. The largest absolute Gasteiger partial charge is 0.506 e. The molecule has 3 rings (SSSR count). The molecule has 3 aromatic rings. The van der Waals surface area contributed by atoms with Gasteiger partial charge in [0.05, 0.1) is 10.6 Å². The highest BCUT2D eigenvalue weighted by atomic mass is 16.6. The Hall–Kier alpha value is -3.28. The number of nitro benzene ring substituents is 1. The van der Waals surface area contributed by atoms with Crippen LogP contribution < -0.4 is 0 Å². The van der Waals surface area contributed by atoms with Gasteiger partial charge in [0.1, 0.15) is 11.4 Å². The number of aryl methyl sites for hydroxylation is 1. The second-order valence-electron chi connectivity index (χ2n) is 5.08. The van der Waals surface area contributed by atoms with Crippen molar-refractivity contribution >= 4 is 27.8 Å². The Morgan fingerprint density at radius 1 is 1.04 bits per heavy atom. The summed E-state index contributed by atoms with van der Waals surface area (Å²) in [5.74, 6) is 0.00975. The summed E-state index contributed by atoms with van der Waals surface area (Å²) in [6.45, 7) is 1.79. The second-order valence-corrected chi connectivity index (χ2v) is 5.08. The lowest BCUT2D eigenvalue weighted by Crippen LogP contribution is -1.87. The van der Waals surface area contributed by atoms with Crippen molar-refractivity contribution in [2.75, 3.05) is 0 Å². The fourth-order valence-corrected chi connectivity index (χ4v) is 2.27. The Kier molecular flexibility index (Phi) is 3.72. The minimum absolute atomic E-state index is 0.00975. The van der Waals surface area contributed by atoms with Crippen molar-refractivity contribution in [3.8, 4) is 5.75 Å². The highest BCUT2D eigenvalue weighted by Crippen LogP contribution is 2.36. The van der Waals surface area contributed by atoms with Crippen molar-refractivity contribution in [3.63, 3.8) is 0 Å². The molecule has 3 aromatic carbocycles. The number of fused-ring (bicyclic) bond motifs is 1. The van der Waals surface area contributed by atoms with Crippen LogP contribution in [0.2, 0.25) is 0 Å². The van der Waals surface area contributed by atoms with Gasteiger partial charge in [0.15, 0.2) is 0 Å². The van der Waals surface area contributed by atoms with Gasteiger partial charge < -0.3 is 5.11 Å². The molecular weight excluding hydrogens is 294 g/mol. The van der Waals surface area contributed by atoms with E-state index in [1.54, 1.807) is 25.1 Å². The second kappa shape index (κ2) is 5.84. The van der Waals surface area contributed by atoms with E-state index in [0.29, 0.717) is 11.4 Å². The number of aromatic hydroxyl groups is 1. The van der Waals surface area contributed by atoms with Crippen molar-refractivity contribution < 1.29 is 10.0 Å². The van der Waals surface area contributed by atoms with E-state index < -0.39 is 4.92 Å². The van der Waals surface area contributed by atoms with E-state index in [-0.39, 0.29) is 11.4 Å². The molecule has 6 heteroatoms. The van der Waals surface area contributed by atoms with Gasteiger partial charge in [0.25, 0.3) is 5.69 Å². The van der Waals surface area contributed by atoms with Crippen LogP contribution >= 0.6 is 0 Å². The summed E-state index contributed by atoms with van der Waals surface area (Å²) in [4.78, 5) is 10.4. The smallest absolute Gasteiger partial charge is 0.271 e. The Morgan fingerprint density at radius 3 is 2.61 bits per heavy atom. The molecule has 0 saturated heterocycles. The standard InChI is InChI=1S/C17H13N3O3/c1-11-6-8-13(20(22)23)10-15(11)18-19-17-14-5-3-2-4-12(14)7-9-16(17)21/h2-10,21H,1H3. The number of non-ortho nitro benzene ring substituents is 1. The van der Waals surface area contributed by atoms with E-state index in [1.807, 2.05) is 24.3 Å². The Labute approximate surface area is 131 Å². The zero-order chi connectivity index (χ0) is 16.4. The maximum atomic E-state index is 10.9. The number of benzene rings is 3. The Bertz CT molecular complexity index is 936. The molecular formula is C17H13N3O3. The monoisotopic (exact) mass is 307 g/mol. The third kappa shape index (κ3) is 2.87. The summed E-state index contributed by atoms with van der Waals surface area (Å²) in [6.07, 6.45) is 0. The van der Waals surface area contributed by atoms with Crippen LogP contribution in [0.3, 0.4) is 0 Å². The fraction of sp³-hybridized carbons (Fsp3) is 0.0588. The van der Waals surface area contributed by atoms with Crippen molar-refractivity contribution in [3.05, 3.63) is 70.3 Å². The van der Waals surface area contributed by atoms with Gasteiger partial charge in [-0.15, -0.1) is 10.2 Å². The molecule has 0 heterocycles. The average molecular weight is 307 g/mol. The predicted molar refractivity (Wildman–Crippen MR) is 87.6 cm³/mol. The average Bonchev–Trinajstić information content (AvgIpc) is 2.55. The van der Waals surface area contributed by atoms with Crippen molar-refractivity contribution in [1.82, 2.24) is 0 Å². The molecule has 0 aliphatic rings. The molecule has 0 aromatic heterocycles. The quantitative estimate of drug-likeness (QED) is 0.411. The molecule has 0 bridgehead atoms. The Balaban J connectivity index is 2.09. The van der Waals surface area contributed by atoms with E-state index in [0.717, 1.165) is 16.3 Å². The zero-order valence-electron chi connectivity index (χ0n) is 12.3. The first-order valence-corrected chi connectivity index (χ1v) is 6.94. The first-order chi connectivity index (χ1) is 11.1. The van der Waals surface area contributed by atoms with Gasteiger partial charge in [-0.1, -0.05) is 36.4 Å². The van der Waals surface area contributed by atoms with Crippen LogP contribution in [0.15, 0.2) is 64.8 Å². The number of rotatable bonds is 3. The van der Waals surface area contributed by atoms with E-state index in [9.17, 15) is 15.2 Å². The van der Waals surface area contributed by atoms with Gasteiger partial charge in [-0.2, -0.15) is 0 Å². The van der Waals surface area contributed by atoms with E-state index in [2.05, 4.69) is 10.2 Å². The van der Waals surface area contributed by atoms with Crippen LogP contribution in [0, 0.1) is 17.0 Å². The minimum atomic E-state index is -0.478. The third-order valence-corrected chi connectivity index (χ3v) is 3.54. The van der Waals surface area contributed by atoms with E-state index >= 15 is 0 Å². The predicted octanol–water partition coefficient (Wildman–Crippen LogP) is 5.18. The number of hydrogen-bond donors (Lipinski definition) is 1. The van der Waals surface area contributed by atoms with Crippen LogP contribution in [0.4, 0.5) is 17.1 Å². The summed E-state index contributed by atoms with van der Waals surface area (Å²) in [6, 6.07) is 15.2. The van der Waals surface area contributed by atoms with Gasteiger partial charge in [-0.3, -0.25) is 10.1 Å². The summed E-state index contributed by atoms with van der Waals surface area (Å²) < 4.78 is 0. The summed E-state index contributed by atoms with van der Waals surface area (Å²) in [5, 5.41) is 30.8. The number of azo groups is 1. The van der Waals surface area contributed by atoms with Crippen LogP contribution in [0.1, 0.15) is 5.56 Å². The molecule has 0 saturated carbocycles. The normalized spacial score (nSPS) is 11.2. The fourth-order valence-electron chi connectivity index (χ4n) is 2.27. The van der Waals surface area contributed by atoms with Crippen LogP contribution in [0.5, 0.6) is 5.75 Å². The Morgan fingerprint density at radius 2 is 1.83 bits per heavy atom. The zero-order valence-corrected chi connectivity index (χ0v) is 12.3. The first kappa shape index (κ1) is 14.6. The number of phenols is 1. The maximum absolute atomic E-state index is 10.9. The lowest BCUT2D eigenvalue weighted by atomic mass is 10.1. The molecule has 0 atom stereocenters. The minimum Gasteiger partial charge on any atom is -0.506 e. The van der Waals surface area contributed by atoms with Crippen molar-refractivity contribution in [1.29, 1.82) is 0 Å². The number of phenolic OH excluding ortho intramolecular Hbond substituents is 1. The molecule has 0 fully saturated rings. The number of nitro groups is 1. The molecule has 1 N–H and O–H groups in total. The lowest BCUT2D eigenvalue weighted by molar-refractivity contribution is -0.384. The van der Waals surface area contributed by atoms with Gasteiger partial charge in [0.2, 0.25) is 0 Å². The highest BCUT2D eigenvalue weighted by molar-refractivity contribution is 5.95. The van der Waals surface area contributed by atoms with Crippen LogP contribution in [-0.2, 0) is 0 Å². The molecule has 0 unspecified atom stereocenters. The van der Waals surface area contributed by atoms with E-state index in [4.69, 9.17) is 0 Å². The van der Waals surface area contributed by atoms with Crippen molar-refractivity contribution in [2.24, 2.45) is 10.2 Å². The van der Waals surface area contributed by atoms with Crippen LogP contribution in [-0.4, -0.2) is 10.0 Å². The summed E-state index contributed by atoms with van der Waals surface area (Å²) in [7, 11) is 0. The van der Waals surface area contributed by atoms with Crippen molar-refractivity contribution in [2.45, 2.75) is 6.92 Å². The number of nitrogens with zero attached hydrogens (tertiary/aromatic N) is 3. The van der Waals surface area contributed by atoms with E-state index in [1.165, 1.54) is 12.1 Å². The summed E-state index contributed by atoms with van der Waals surface area (Å²) in [5.41, 5.74) is 1.45. The lowest BCUT2D eigenvalue weighted by Gasteiger charge is -2.04. The van der Waals surface area contributed by atoms with Gasteiger partial charge in [-0.05, 0) is 23.9 Å². The van der Waals surface area contributed by atoms with Crippen LogP contribution in [0.25, 0.3) is 10.8 Å².